The van der Waals surface area contributed by atoms with Gasteiger partial charge in [0, 0.05) is 29.4 Å². The Labute approximate surface area is 123 Å². The van der Waals surface area contributed by atoms with Crippen molar-refractivity contribution in [3.05, 3.63) is 64.4 Å². The van der Waals surface area contributed by atoms with E-state index < -0.39 is 0 Å². The molecule has 0 atom stereocenters. The van der Waals surface area contributed by atoms with Gasteiger partial charge in [-0.1, -0.05) is 29.8 Å². The van der Waals surface area contributed by atoms with Gasteiger partial charge in [0.05, 0.1) is 0 Å². The van der Waals surface area contributed by atoms with Gasteiger partial charge in [0.2, 0.25) is 0 Å². The predicted molar refractivity (Wildman–Crippen MR) is 80.6 cm³/mol. The highest BCUT2D eigenvalue weighted by molar-refractivity contribution is 6.31. The van der Waals surface area contributed by atoms with Crippen molar-refractivity contribution in [1.82, 2.24) is 0 Å². The maximum absolute atomic E-state index is 13.6. The lowest BCUT2D eigenvalue weighted by Crippen LogP contribution is -2.03. The van der Waals surface area contributed by atoms with Crippen molar-refractivity contribution in [2.45, 2.75) is 19.4 Å². The first-order valence-corrected chi connectivity index (χ1v) is 6.95. The zero-order valence-corrected chi connectivity index (χ0v) is 11.8. The Bertz CT molecular complexity index is 554. The SMILES string of the molecule is OCCCc1cccc(NCc2c(F)cccc2Cl)c1. The predicted octanol–water partition coefficient (Wildman–Crippen LogP) is 4.02. The monoisotopic (exact) mass is 293 g/mol. The van der Waals surface area contributed by atoms with Gasteiger partial charge >= 0.3 is 0 Å². The summed E-state index contributed by atoms with van der Waals surface area (Å²) in [7, 11) is 0. The number of aliphatic hydroxyl groups is 1. The van der Waals surface area contributed by atoms with Crippen molar-refractivity contribution in [3.63, 3.8) is 0 Å². The normalized spacial score (nSPS) is 10.6. The van der Waals surface area contributed by atoms with Crippen molar-refractivity contribution in [1.29, 1.82) is 0 Å². The van der Waals surface area contributed by atoms with E-state index in [1.165, 1.54) is 6.07 Å². The van der Waals surface area contributed by atoms with Gasteiger partial charge < -0.3 is 10.4 Å². The molecule has 106 valence electrons. The van der Waals surface area contributed by atoms with Gasteiger partial charge in [0.15, 0.2) is 0 Å². The average molecular weight is 294 g/mol. The minimum atomic E-state index is -0.304. The molecule has 0 unspecified atom stereocenters. The Morgan fingerprint density at radius 2 is 1.95 bits per heavy atom. The van der Waals surface area contributed by atoms with Gasteiger partial charge in [-0.3, -0.25) is 0 Å². The van der Waals surface area contributed by atoms with E-state index in [-0.39, 0.29) is 12.4 Å². The fourth-order valence-electron chi connectivity index (χ4n) is 2.01. The van der Waals surface area contributed by atoms with Crippen LogP contribution < -0.4 is 5.32 Å². The van der Waals surface area contributed by atoms with Gasteiger partial charge in [-0.05, 0) is 42.7 Å². The quantitative estimate of drug-likeness (QED) is 0.843. The van der Waals surface area contributed by atoms with Crippen LogP contribution in [0.15, 0.2) is 42.5 Å². The number of benzene rings is 2. The average Bonchev–Trinajstić information content (AvgIpc) is 2.45. The molecule has 0 saturated heterocycles. The van der Waals surface area contributed by atoms with Crippen molar-refractivity contribution in [2.75, 3.05) is 11.9 Å². The van der Waals surface area contributed by atoms with Gasteiger partial charge in [0.1, 0.15) is 5.82 Å². The molecule has 2 aromatic carbocycles. The second kappa shape index (κ2) is 7.27. The number of halogens is 2. The highest BCUT2D eigenvalue weighted by Gasteiger charge is 2.06. The Balaban J connectivity index is 2.03. The fraction of sp³-hybridized carbons (Fsp3) is 0.250. The van der Waals surface area contributed by atoms with Crippen LogP contribution in [0.5, 0.6) is 0 Å². The summed E-state index contributed by atoms with van der Waals surface area (Å²) in [6, 6.07) is 12.6. The molecule has 0 spiro atoms. The smallest absolute Gasteiger partial charge is 0.129 e. The molecular weight excluding hydrogens is 277 g/mol. The van der Waals surface area contributed by atoms with Crippen LogP contribution in [0, 0.1) is 5.82 Å². The van der Waals surface area contributed by atoms with Gasteiger partial charge in [-0.25, -0.2) is 4.39 Å². The van der Waals surface area contributed by atoms with Crippen LogP contribution in [0.3, 0.4) is 0 Å². The van der Waals surface area contributed by atoms with Crippen LogP contribution in [0.25, 0.3) is 0 Å². The number of rotatable bonds is 6. The Kier molecular flexibility index (Phi) is 5.39. The van der Waals surface area contributed by atoms with Crippen LogP contribution in [0.1, 0.15) is 17.5 Å². The molecule has 0 aliphatic heterocycles. The standard InChI is InChI=1S/C16H17ClFNO/c17-15-7-2-8-16(18)14(15)11-19-13-6-1-4-12(10-13)5-3-9-20/h1-2,4,6-8,10,19-20H,3,5,9,11H2. The molecule has 0 bridgehead atoms. The summed E-state index contributed by atoms with van der Waals surface area (Å²) >= 11 is 5.99. The fourth-order valence-corrected chi connectivity index (χ4v) is 2.24. The van der Waals surface area contributed by atoms with Crippen molar-refractivity contribution >= 4 is 17.3 Å². The third kappa shape index (κ3) is 3.95. The molecule has 0 amide bonds. The molecular formula is C16H17ClFNO. The van der Waals surface area contributed by atoms with Crippen molar-refractivity contribution in [2.24, 2.45) is 0 Å². The lowest BCUT2D eigenvalue weighted by Gasteiger charge is -2.10. The number of aliphatic hydroxyl groups excluding tert-OH is 1. The summed E-state index contributed by atoms with van der Waals surface area (Å²) in [5.41, 5.74) is 2.53. The molecule has 20 heavy (non-hydrogen) atoms. The molecule has 2 aromatic rings. The molecule has 0 heterocycles. The van der Waals surface area contributed by atoms with Crippen LogP contribution in [0.4, 0.5) is 10.1 Å². The van der Waals surface area contributed by atoms with E-state index in [1.807, 2.05) is 24.3 Å². The van der Waals surface area contributed by atoms with E-state index in [0.29, 0.717) is 17.1 Å². The maximum Gasteiger partial charge on any atom is 0.129 e. The van der Waals surface area contributed by atoms with Crippen LogP contribution in [-0.2, 0) is 13.0 Å². The highest BCUT2D eigenvalue weighted by atomic mass is 35.5. The molecule has 2 nitrogen and oxygen atoms in total. The van der Waals surface area contributed by atoms with E-state index in [9.17, 15) is 4.39 Å². The maximum atomic E-state index is 13.6. The third-order valence-electron chi connectivity index (χ3n) is 3.08. The molecule has 0 aromatic heterocycles. The molecule has 4 heteroatoms. The second-order valence-corrected chi connectivity index (χ2v) is 4.99. The Hall–Kier alpha value is -1.58. The molecule has 0 fully saturated rings. The molecule has 0 aliphatic carbocycles. The minimum absolute atomic E-state index is 0.183. The van der Waals surface area contributed by atoms with Crippen molar-refractivity contribution in [3.8, 4) is 0 Å². The van der Waals surface area contributed by atoms with E-state index in [1.54, 1.807) is 12.1 Å². The first kappa shape index (κ1) is 14.8. The zero-order valence-electron chi connectivity index (χ0n) is 11.1. The number of nitrogens with one attached hydrogen (secondary N) is 1. The first-order valence-electron chi connectivity index (χ1n) is 6.57. The second-order valence-electron chi connectivity index (χ2n) is 4.58. The summed E-state index contributed by atoms with van der Waals surface area (Å²) in [6.45, 7) is 0.525. The van der Waals surface area contributed by atoms with E-state index in [0.717, 1.165) is 24.1 Å². The molecule has 2 N–H and O–H groups in total. The molecule has 0 radical (unpaired) electrons. The topological polar surface area (TPSA) is 32.3 Å². The van der Waals surface area contributed by atoms with E-state index in [4.69, 9.17) is 16.7 Å². The summed E-state index contributed by atoms with van der Waals surface area (Å²) in [5.74, 6) is -0.304. The Morgan fingerprint density at radius 3 is 2.70 bits per heavy atom. The highest BCUT2D eigenvalue weighted by Crippen LogP contribution is 2.21. The number of aryl methyl sites for hydroxylation is 1. The lowest BCUT2D eigenvalue weighted by atomic mass is 10.1. The number of hydrogen-bond acceptors (Lipinski definition) is 2. The van der Waals surface area contributed by atoms with Crippen molar-refractivity contribution < 1.29 is 9.50 Å². The third-order valence-corrected chi connectivity index (χ3v) is 3.44. The number of hydrogen-bond donors (Lipinski definition) is 2. The van der Waals surface area contributed by atoms with E-state index in [2.05, 4.69) is 5.32 Å². The minimum Gasteiger partial charge on any atom is -0.396 e. The molecule has 0 aliphatic rings. The van der Waals surface area contributed by atoms with Gasteiger partial charge in [0.25, 0.3) is 0 Å². The van der Waals surface area contributed by atoms with E-state index >= 15 is 0 Å². The van der Waals surface area contributed by atoms with Crippen LogP contribution in [0.2, 0.25) is 5.02 Å². The summed E-state index contributed by atoms with van der Waals surface area (Å²) in [4.78, 5) is 0. The summed E-state index contributed by atoms with van der Waals surface area (Å²) in [5, 5.41) is 12.4. The molecule has 2 rings (SSSR count). The Morgan fingerprint density at radius 1 is 1.15 bits per heavy atom. The summed E-state index contributed by atoms with van der Waals surface area (Å²) < 4.78 is 13.6. The van der Waals surface area contributed by atoms with Crippen LogP contribution in [-0.4, -0.2) is 11.7 Å². The molecule has 0 saturated carbocycles. The zero-order chi connectivity index (χ0) is 14.4. The summed E-state index contributed by atoms with van der Waals surface area (Å²) in [6.07, 6.45) is 1.56. The van der Waals surface area contributed by atoms with Gasteiger partial charge in [-0.15, -0.1) is 0 Å². The first-order chi connectivity index (χ1) is 9.70. The van der Waals surface area contributed by atoms with Crippen LogP contribution >= 0.6 is 11.6 Å². The van der Waals surface area contributed by atoms with Gasteiger partial charge in [-0.2, -0.15) is 0 Å². The number of anilines is 1. The largest absolute Gasteiger partial charge is 0.396 e. The lowest BCUT2D eigenvalue weighted by molar-refractivity contribution is 0.288.